The molecule has 0 spiro atoms. The molecule has 1 rings (SSSR count). The fraction of sp³-hybridized carbons (Fsp3) is 0.250. The molecule has 0 bridgehead atoms. The zero-order valence-electron chi connectivity index (χ0n) is 7.84. The first-order valence-corrected chi connectivity index (χ1v) is 4.22. The smallest absolute Gasteiger partial charge is 0.465 e. The fourth-order valence-corrected chi connectivity index (χ4v) is 1.08. The van der Waals surface area contributed by atoms with Crippen LogP contribution in [-0.4, -0.2) is 24.4 Å². The molecule has 0 fully saturated rings. The zero-order valence-corrected chi connectivity index (χ0v) is 8.59. The number of esters is 1. The minimum absolute atomic E-state index is 0.140. The molecule has 1 heterocycles. The van der Waals surface area contributed by atoms with Crippen LogP contribution in [0.3, 0.4) is 0 Å². The van der Waals surface area contributed by atoms with Crippen LogP contribution in [0.4, 0.5) is 13.2 Å². The molecule has 88 valence electrons. The van der Waals surface area contributed by atoms with Crippen LogP contribution in [0.25, 0.3) is 0 Å². The first-order chi connectivity index (χ1) is 7.33. The molecule has 0 aliphatic heterocycles. The maximum absolute atomic E-state index is 11.8. The van der Waals surface area contributed by atoms with Crippen molar-refractivity contribution >= 4 is 17.6 Å². The van der Waals surface area contributed by atoms with Gasteiger partial charge in [0, 0.05) is 6.07 Å². The SMILES string of the molecule is COC(=O)c1ccc(OC(F)(F)F)nc1Cl. The van der Waals surface area contributed by atoms with Crippen molar-refractivity contribution in [3.8, 4) is 5.88 Å². The maximum atomic E-state index is 11.8. The normalized spacial score (nSPS) is 11.1. The molecule has 4 nitrogen and oxygen atoms in total. The number of aromatic nitrogens is 1. The topological polar surface area (TPSA) is 48.4 Å². The summed E-state index contributed by atoms with van der Waals surface area (Å²) < 4.78 is 43.2. The van der Waals surface area contributed by atoms with Crippen molar-refractivity contribution in [2.24, 2.45) is 0 Å². The van der Waals surface area contributed by atoms with Gasteiger partial charge in [0.15, 0.2) is 0 Å². The second-order valence-corrected chi connectivity index (χ2v) is 2.89. The average Bonchev–Trinajstić information content (AvgIpc) is 2.14. The highest BCUT2D eigenvalue weighted by atomic mass is 35.5. The van der Waals surface area contributed by atoms with E-state index in [9.17, 15) is 18.0 Å². The third-order valence-electron chi connectivity index (χ3n) is 1.45. The predicted molar refractivity (Wildman–Crippen MR) is 47.3 cm³/mol. The molecule has 0 radical (unpaired) electrons. The molecule has 1 aromatic rings. The lowest BCUT2D eigenvalue weighted by Gasteiger charge is -2.08. The van der Waals surface area contributed by atoms with Crippen LogP contribution >= 0.6 is 11.6 Å². The monoisotopic (exact) mass is 255 g/mol. The highest BCUT2D eigenvalue weighted by molar-refractivity contribution is 6.32. The Balaban J connectivity index is 2.96. The van der Waals surface area contributed by atoms with E-state index in [2.05, 4.69) is 14.5 Å². The Morgan fingerprint density at radius 2 is 2.06 bits per heavy atom. The number of hydrogen-bond donors (Lipinski definition) is 0. The summed E-state index contributed by atoms with van der Waals surface area (Å²) in [5, 5.41) is -0.423. The molecule has 16 heavy (non-hydrogen) atoms. The molecule has 0 amide bonds. The van der Waals surface area contributed by atoms with Crippen LogP contribution in [0.2, 0.25) is 5.15 Å². The molecule has 1 aromatic heterocycles. The summed E-state index contributed by atoms with van der Waals surface area (Å²) in [6.45, 7) is 0. The van der Waals surface area contributed by atoms with E-state index >= 15 is 0 Å². The van der Waals surface area contributed by atoms with Crippen molar-refractivity contribution < 1.29 is 27.4 Å². The first-order valence-electron chi connectivity index (χ1n) is 3.84. The van der Waals surface area contributed by atoms with Crippen LogP contribution in [0.15, 0.2) is 12.1 Å². The van der Waals surface area contributed by atoms with Gasteiger partial charge in [0.1, 0.15) is 5.15 Å². The summed E-state index contributed by atoms with van der Waals surface area (Å²) in [4.78, 5) is 14.3. The molecule has 0 saturated heterocycles. The molecule has 0 aliphatic carbocycles. The number of rotatable bonds is 2. The minimum Gasteiger partial charge on any atom is -0.465 e. The molecular weight excluding hydrogens is 251 g/mol. The average molecular weight is 256 g/mol. The van der Waals surface area contributed by atoms with Crippen molar-refractivity contribution in [2.45, 2.75) is 6.36 Å². The van der Waals surface area contributed by atoms with Gasteiger partial charge >= 0.3 is 12.3 Å². The quantitative estimate of drug-likeness (QED) is 0.601. The van der Waals surface area contributed by atoms with Crippen molar-refractivity contribution in [1.82, 2.24) is 4.98 Å². The molecule has 0 aromatic carbocycles. The molecule has 8 heteroatoms. The van der Waals surface area contributed by atoms with Gasteiger partial charge in [0.25, 0.3) is 0 Å². The van der Waals surface area contributed by atoms with Crippen molar-refractivity contribution in [3.63, 3.8) is 0 Å². The van der Waals surface area contributed by atoms with E-state index in [1.54, 1.807) is 0 Å². The Hall–Kier alpha value is -1.50. The van der Waals surface area contributed by atoms with Gasteiger partial charge in [0.2, 0.25) is 5.88 Å². The molecule has 0 N–H and O–H groups in total. The van der Waals surface area contributed by atoms with Gasteiger partial charge in [-0.3, -0.25) is 0 Å². The summed E-state index contributed by atoms with van der Waals surface area (Å²) in [6, 6.07) is 1.90. The fourth-order valence-electron chi connectivity index (χ4n) is 0.855. The highest BCUT2D eigenvalue weighted by Crippen LogP contribution is 2.24. The number of carbonyl (C=O) groups is 1. The third-order valence-corrected chi connectivity index (χ3v) is 1.74. The lowest BCUT2D eigenvalue weighted by Crippen LogP contribution is -2.18. The Morgan fingerprint density at radius 3 is 2.50 bits per heavy atom. The number of nitrogens with zero attached hydrogens (tertiary/aromatic N) is 1. The van der Waals surface area contributed by atoms with Gasteiger partial charge in [-0.15, -0.1) is 13.2 Å². The maximum Gasteiger partial charge on any atom is 0.574 e. The molecule has 0 atom stereocenters. The zero-order chi connectivity index (χ0) is 12.3. The summed E-state index contributed by atoms with van der Waals surface area (Å²) in [5.74, 6) is -1.54. The van der Waals surface area contributed by atoms with E-state index in [1.165, 1.54) is 0 Å². The second kappa shape index (κ2) is 4.56. The van der Waals surface area contributed by atoms with Gasteiger partial charge in [-0.2, -0.15) is 0 Å². The third kappa shape index (κ3) is 3.27. The van der Waals surface area contributed by atoms with Gasteiger partial charge in [-0.1, -0.05) is 11.6 Å². The van der Waals surface area contributed by atoms with E-state index in [-0.39, 0.29) is 5.56 Å². The Morgan fingerprint density at radius 1 is 1.44 bits per heavy atom. The molecule has 0 saturated carbocycles. The lowest BCUT2D eigenvalue weighted by atomic mass is 10.3. The van der Waals surface area contributed by atoms with Crippen LogP contribution in [0, 0.1) is 0 Å². The lowest BCUT2D eigenvalue weighted by molar-refractivity contribution is -0.276. The van der Waals surface area contributed by atoms with Gasteiger partial charge in [-0.05, 0) is 6.07 Å². The standard InChI is InChI=1S/C8H5ClF3NO3/c1-15-7(14)4-2-3-5(13-6(4)9)16-8(10,11)12/h2-3H,1H3. The molecular formula is C8H5ClF3NO3. The Bertz CT molecular complexity index is 408. The van der Waals surface area contributed by atoms with E-state index in [4.69, 9.17) is 11.6 Å². The number of ether oxygens (including phenoxy) is 2. The van der Waals surface area contributed by atoms with Crippen LogP contribution < -0.4 is 4.74 Å². The number of methoxy groups -OCH3 is 1. The largest absolute Gasteiger partial charge is 0.574 e. The highest BCUT2D eigenvalue weighted by Gasteiger charge is 2.32. The van der Waals surface area contributed by atoms with Gasteiger partial charge < -0.3 is 9.47 Å². The Kier molecular flexibility index (Phi) is 3.58. The van der Waals surface area contributed by atoms with E-state index in [0.29, 0.717) is 0 Å². The second-order valence-electron chi connectivity index (χ2n) is 2.53. The number of pyridine rings is 1. The summed E-state index contributed by atoms with van der Waals surface area (Å²) in [5.41, 5.74) is -0.140. The number of carbonyl (C=O) groups excluding carboxylic acids is 1. The molecule has 0 unspecified atom stereocenters. The van der Waals surface area contributed by atoms with Gasteiger partial charge in [0.05, 0.1) is 12.7 Å². The number of halogens is 4. The predicted octanol–water partition coefficient (Wildman–Crippen LogP) is 2.42. The van der Waals surface area contributed by atoms with E-state index < -0.39 is 23.4 Å². The van der Waals surface area contributed by atoms with E-state index in [0.717, 1.165) is 19.2 Å². The van der Waals surface area contributed by atoms with Crippen molar-refractivity contribution in [1.29, 1.82) is 0 Å². The molecule has 0 aliphatic rings. The summed E-state index contributed by atoms with van der Waals surface area (Å²) >= 11 is 5.47. The summed E-state index contributed by atoms with van der Waals surface area (Å²) in [6.07, 6.45) is -4.86. The number of alkyl halides is 3. The number of hydrogen-bond acceptors (Lipinski definition) is 4. The van der Waals surface area contributed by atoms with Crippen LogP contribution in [0.1, 0.15) is 10.4 Å². The van der Waals surface area contributed by atoms with E-state index in [1.807, 2.05) is 0 Å². The van der Waals surface area contributed by atoms with Crippen molar-refractivity contribution in [2.75, 3.05) is 7.11 Å². The Labute approximate surface area is 92.9 Å². The van der Waals surface area contributed by atoms with Crippen molar-refractivity contribution in [3.05, 3.63) is 22.8 Å². The minimum atomic E-state index is -4.86. The first kappa shape index (κ1) is 12.6. The van der Waals surface area contributed by atoms with Gasteiger partial charge in [-0.25, -0.2) is 9.78 Å². The summed E-state index contributed by atoms with van der Waals surface area (Å²) in [7, 11) is 1.11. The van der Waals surface area contributed by atoms with Crippen LogP contribution in [-0.2, 0) is 4.74 Å². The van der Waals surface area contributed by atoms with Crippen LogP contribution in [0.5, 0.6) is 5.88 Å².